The predicted molar refractivity (Wildman–Crippen MR) is 74.3 cm³/mol. The summed E-state index contributed by atoms with van der Waals surface area (Å²) in [6.45, 7) is 4.97. The second kappa shape index (κ2) is 5.93. The van der Waals surface area contributed by atoms with Crippen LogP contribution in [-0.4, -0.2) is 59.0 Å². The average Bonchev–Trinajstić information content (AvgIpc) is 3.01. The van der Waals surface area contributed by atoms with Crippen molar-refractivity contribution in [2.75, 3.05) is 26.2 Å². The highest BCUT2D eigenvalue weighted by Gasteiger charge is 2.34. The van der Waals surface area contributed by atoms with E-state index in [0.717, 1.165) is 32.5 Å². The summed E-state index contributed by atoms with van der Waals surface area (Å²) in [5.74, 6) is 0.161. The second-order valence-electron chi connectivity index (χ2n) is 5.57. The molecule has 1 unspecified atom stereocenters. The fraction of sp³-hybridized carbons (Fsp3) is 0.714. The van der Waals surface area contributed by atoms with Crippen molar-refractivity contribution in [2.45, 2.75) is 38.0 Å². The van der Waals surface area contributed by atoms with Gasteiger partial charge >= 0.3 is 0 Å². The van der Waals surface area contributed by atoms with Gasteiger partial charge in [-0.3, -0.25) is 9.48 Å². The van der Waals surface area contributed by atoms with E-state index in [1.807, 2.05) is 28.8 Å². The molecular weight excluding hydrogens is 256 g/mol. The molecule has 2 fully saturated rings. The van der Waals surface area contributed by atoms with Gasteiger partial charge in [0.1, 0.15) is 6.04 Å². The summed E-state index contributed by atoms with van der Waals surface area (Å²) in [4.78, 5) is 14.6. The van der Waals surface area contributed by atoms with Crippen LogP contribution >= 0.6 is 0 Å². The van der Waals surface area contributed by atoms with Crippen LogP contribution in [0.15, 0.2) is 18.5 Å². The van der Waals surface area contributed by atoms with Crippen LogP contribution in [0, 0.1) is 0 Å². The van der Waals surface area contributed by atoms with Crippen LogP contribution in [0.3, 0.4) is 0 Å². The Balaban J connectivity index is 1.65. The van der Waals surface area contributed by atoms with E-state index in [4.69, 9.17) is 4.74 Å². The molecule has 0 spiro atoms. The zero-order chi connectivity index (χ0) is 13.9. The summed E-state index contributed by atoms with van der Waals surface area (Å²) in [5.41, 5.74) is 0. The van der Waals surface area contributed by atoms with Gasteiger partial charge in [-0.1, -0.05) is 0 Å². The van der Waals surface area contributed by atoms with Crippen LogP contribution in [0.5, 0.6) is 0 Å². The Labute approximate surface area is 119 Å². The number of piperidine rings is 1. The molecule has 3 rings (SSSR count). The van der Waals surface area contributed by atoms with Crippen molar-refractivity contribution in [2.24, 2.45) is 0 Å². The minimum atomic E-state index is -0.208. The number of carbonyl (C=O) groups is 1. The molecule has 0 aliphatic carbocycles. The molecule has 2 aliphatic rings. The van der Waals surface area contributed by atoms with Gasteiger partial charge in [-0.05, 0) is 25.8 Å². The fourth-order valence-corrected chi connectivity index (χ4v) is 3.07. The topological polar surface area (TPSA) is 59.4 Å². The number of hydrogen-bond acceptors (Lipinski definition) is 4. The van der Waals surface area contributed by atoms with Crippen molar-refractivity contribution in [1.29, 1.82) is 0 Å². The van der Waals surface area contributed by atoms with Gasteiger partial charge in [-0.25, -0.2) is 0 Å². The first-order valence-corrected chi connectivity index (χ1v) is 7.38. The van der Waals surface area contributed by atoms with E-state index in [1.54, 1.807) is 6.20 Å². The first kappa shape index (κ1) is 13.6. The summed E-state index contributed by atoms with van der Waals surface area (Å²) < 4.78 is 7.54. The third-order valence-electron chi connectivity index (χ3n) is 4.19. The summed E-state index contributed by atoms with van der Waals surface area (Å²) in [5, 5.41) is 7.58. The number of aromatic nitrogens is 2. The molecule has 0 aromatic carbocycles. The molecule has 20 heavy (non-hydrogen) atoms. The Morgan fingerprint density at radius 1 is 1.50 bits per heavy atom. The van der Waals surface area contributed by atoms with E-state index < -0.39 is 0 Å². The molecule has 3 atom stereocenters. The molecule has 2 saturated heterocycles. The molecule has 1 aromatic heterocycles. The maximum atomic E-state index is 12.6. The highest BCUT2D eigenvalue weighted by molar-refractivity contribution is 5.82. The maximum Gasteiger partial charge on any atom is 0.242 e. The molecule has 1 N–H and O–H groups in total. The first-order chi connectivity index (χ1) is 9.75. The second-order valence-corrected chi connectivity index (χ2v) is 5.57. The highest BCUT2D eigenvalue weighted by Crippen LogP contribution is 2.22. The zero-order valence-electron chi connectivity index (χ0n) is 11.9. The Bertz CT molecular complexity index is 448. The molecule has 1 amide bonds. The van der Waals surface area contributed by atoms with Gasteiger partial charge in [0.25, 0.3) is 0 Å². The number of nitrogens with zero attached hydrogens (tertiary/aromatic N) is 3. The van der Waals surface area contributed by atoms with E-state index in [1.165, 1.54) is 0 Å². The molecule has 1 aromatic rings. The van der Waals surface area contributed by atoms with Crippen molar-refractivity contribution in [3.8, 4) is 0 Å². The predicted octanol–water partition coefficient (Wildman–Crippen LogP) is 0.424. The van der Waals surface area contributed by atoms with Gasteiger partial charge in [0.05, 0.1) is 18.8 Å². The zero-order valence-corrected chi connectivity index (χ0v) is 11.9. The number of nitrogens with one attached hydrogen (secondary N) is 1. The lowest BCUT2D eigenvalue weighted by atomic mass is 10.0. The van der Waals surface area contributed by atoms with Gasteiger partial charge in [0, 0.05) is 32.0 Å². The highest BCUT2D eigenvalue weighted by atomic mass is 16.5. The van der Waals surface area contributed by atoms with Crippen LogP contribution in [0.2, 0.25) is 0 Å². The molecule has 2 aliphatic heterocycles. The largest absolute Gasteiger partial charge is 0.375 e. The smallest absolute Gasteiger partial charge is 0.242 e. The van der Waals surface area contributed by atoms with Gasteiger partial charge < -0.3 is 15.0 Å². The van der Waals surface area contributed by atoms with E-state index in [0.29, 0.717) is 12.6 Å². The number of ether oxygens (including phenoxy) is 1. The number of likely N-dealkylation sites (tertiary alicyclic amines) is 1. The molecule has 0 saturated carbocycles. The lowest BCUT2D eigenvalue weighted by Crippen LogP contribution is -2.57. The van der Waals surface area contributed by atoms with E-state index >= 15 is 0 Å². The first-order valence-electron chi connectivity index (χ1n) is 7.38. The van der Waals surface area contributed by atoms with Crippen LogP contribution in [0.25, 0.3) is 0 Å². The Hall–Kier alpha value is -1.40. The van der Waals surface area contributed by atoms with E-state index in [9.17, 15) is 4.79 Å². The molecular formula is C14H22N4O2. The van der Waals surface area contributed by atoms with Crippen LogP contribution in [0.4, 0.5) is 0 Å². The number of morpholine rings is 1. The molecule has 3 heterocycles. The van der Waals surface area contributed by atoms with Gasteiger partial charge in [0.15, 0.2) is 0 Å². The Morgan fingerprint density at radius 2 is 2.40 bits per heavy atom. The molecule has 0 radical (unpaired) electrons. The van der Waals surface area contributed by atoms with Crippen LogP contribution in [0.1, 0.15) is 25.8 Å². The standard InChI is InChI=1S/C14H22N4O2/c1-11-13(15-6-9-20-11)14(19)17-7-2-4-12(10-17)18-8-3-5-16-18/h3,5,8,11-13,15H,2,4,6-7,9-10H2,1H3/t11-,12?,13+/m1/s1. The minimum Gasteiger partial charge on any atom is -0.375 e. The molecule has 110 valence electrons. The molecule has 0 bridgehead atoms. The van der Waals surface area contributed by atoms with Gasteiger partial charge in [0.2, 0.25) is 5.91 Å². The summed E-state index contributed by atoms with van der Waals surface area (Å²) in [6.07, 6.45) is 5.82. The van der Waals surface area contributed by atoms with Crippen molar-refractivity contribution in [1.82, 2.24) is 20.0 Å². The van der Waals surface area contributed by atoms with Gasteiger partial charge in [-0.15, -0.1) is 0 Å². The monoisotopic (exact) mass is 278 g/mol. The third-order valence-corrected chi connectivity index (χ3v) is 4.19. The quantitative estimate of drug-likeness (QED) is 0.852. The fourth-order valence-electron chi connectivity index (χ4n) is 3.07. The lowest BCUT2D eigenvalue weighted by molar-refractivity contribution is -0.141. The summed E-state index contributed by atoms with van der Waals surface area (Å²) in [6, 6.07) is 2.02. The van der Waals surface area contributed by atoms with E-state index in [-0.39, 0.29) is 18.1 Å². The number of amides is 1. The van der Waals surface area contributed by atoms with Crippen LogP contribution in [-0.2, 0) is 9.53 Å². The van der Waals surface area contributed by atoms with Crippen LogP contribution < -0.4 is 5.32 Å². The third kappa shape index (κ3) is 2.71. The molecule has 6 heteroatoms. The Kier molecular flexibility index (Phi) is 4.03. The van der Waals surface area contributed by atoms with Crippen molar-refractivity contribution in [3.05, 3.63) is 18.5 Å². The van der Waals surface area contributed by atoms with Crippen molar-refractivity contribution in [3.63, 3.8) is 0 Å². The summed E-state index contributed by atoms with van der Waals surface area (Å²) >= 11 is 0. The lowest BCUT2D eigenvalue weighted by Gasteiger charge is -2.38. The van der Waals surface area contributed by atoms with Gasteiger partial charge in [-0.2, -0.15) is 5.10 Å². The Morgan fingerprint density at radius 3 is 3.15 bits per heavy atom. The average molecular weight is 278 g/mol. The van der Waals surface area contributed by atoms with Crippen molar-refractivity contribution >= 4 is 5.91 Å². The SMILES string of the molecule is C[C@H]1OCCN[C@@H]1C(=O)N1CCCC(n2cccn2)C1. The maximum absolute atomic E-state index is 12.6. The number of rotatable bonds is 2. The number of hydrogen-bond donors (Lipinski definition) is 1. The van der Waals surface area contributed by atoms with Crippen molar-refractivity contribution < 1.29 is 9.53 Å². The minimum absolute atomic E-state index is 0.0543. The summed E-state index contributed by atoms with van der Waals surface area (Å²) in [7, 11) is 0. The number of carbonyl (C=O) groups excluding carboxylic acids is 1. The normalized spacial score (nSPS) is 31.2. The molecule has 6 nitrogen and oxygen atoms in total. The van der Waals surface area contributed by atoms with E-state index in [2.05, 4.69) is 10.4 Å².